The number of rotatable bonds is 1. The summed E-state index contributed by atoms with van der Waals surface area (Å²) in [7, 11) is 3.74. The minimum atomic E-state index is -0.244. The van der Waals surface area contributed by atoms with Gasteiger partial charge in [0, 0.05) is 24.9 Å². The van der Waals surface area contributed by atoms with Crippen LogP contribution in [0.2, 0.25) is 0 Å². The summed E-state index contributed by atoms with van der Waals surface area (Å²) in [4.78, 5) is 14.7. The van der Waals surface area contributed by atoms with Crippen LogP contribution in [0.25, 0.3) is 0 Å². The zero-order chi connectivity index (χ0) is 16.4. The molecule has 3 aliphatic rings. The summed E-state index contributed by atoms with van der Waals surface area (Å²) >= 11 is 0. The fourth-order valence-corrected chi connectivity index (χ4v) is 4.98. The first-order chi connectivity index (χ1) is 10.9. The summed E-state index contributed by atoms with van der Waals surface area (Å²) in [6.07, 6.45) is 0.883. The summed E-state index contributed by atoms with van der Waals surface area (Å²) in [5, 5.41) is 0. The largest absolute Gasteiger partial charge is 0.349 e. The molecule has 0 heterocycles. The standard InChI is InChI=1S/C21H23NO/c1-20-13-18(19(23)22(3)4)21(2,16-11-7-5-9-14(16)20)17-12-8-6-10-15(17)20/h5-12,18H,13H2,1-4H3/t18-,20?,21?/m0/s1. The Balaban J connectivity index is 2.07. The average molecular weight is 305 g/mol. The number of carbonyl (C=O) groups excluding carboxylic acids is 1. The van der Waals surface area contributed by atoms with Gasteiger partial charge in [-0.25, -0.2) is 0 Å². The van der Waals surface area contributed by atoms with Crippen molar-refractivity contribution in [1.29, 1.82) is 0 Å². The Labute approximate surface area is 138 Å². The van der Waals surface area contributed by atoms with Gasteiger partial charge in [0.1, 0.15) is 0 Å². The number of hydrogen-bond donors (Lipinski definition) is 0. The monoisotopic (exact) mass is 305 g/mol. The van der Waals surface area contributed by atoms with Gasteiger partial charge in [-0.2, -0.15) is 0 Å². The minimum absolute atomic E-state index is 0.00713. The SMILES string of the molecule is CN(C)C(=O)[C@@H]1CC2(C)c3ccccc3C1(C)c1ccccc12. The van der Waals surface area contributed by atoms with Gasteiger partial charge < -0.3 is 4.90 Å². The fourth-order valence-electron chi connectivity index (χ4n) is 4.98. The smallest absolute Gasteiger partial charge is 0.226 e. The van der Waals surface area contributed by atoms with E-state index in [2.05, 4.69) is 62.4 Å². The van der Waals surface area contributed by atoms with Crippen LogP contribution in [0.15, 0.2) is 48.5 Å². The van der Waals surface area contributed by atoms with Crippen LogP contribution in [0.1, 0.15) is 42.5 Å². The molecule has 2 aromatic carbocycles. The van der Waals surface area contributed by atoms with E-state index >= 15 is 0 Å². The van der Waals surface area contributed by atoms with Crippen molar-refractivity contribution in [2.75, 3.05) is 14.1 Å². The first-order valence-corrected chi connectivity index (χ1v) is 8.32. The van der Waals surface area contributed by atoms with Crippen molar-refractivity contribution in [2.24, 2.45) is 5.92 Å². The Kier molecular flexibility index (Phi) is 2.82. The summed E-state index contributed by atoms with van der Waals surface area (Å²) in [6.45, 7) is 4.56. The lowest BCUT2D eigenvalue weighted by atomic mass is 9.46. The van der Waals surface area contributed by atoms with E-state index in [1.165, 1.54) is 22.3 Å². The molecule has 2 bridgehead atoms. The zero-order valence-electron chi connectivity index (χ0n) is 14.3. The number of benzene rings is 2. The number of amides is 1. The van der Waals surface area contributed by atoms with Crippen molar-refractivity contribution in [3.05, 3.63) is 70.8 Å². The van der Waals surface area contributed by atoms with Crippen molar-refractivity contribution in [2.45, 2.75) is 31.1 Å². The van der Waals surface area contributed by atoms with Crippen LogP contribution in [-0.2, 0) is 15.6 Å². The molecule has 2 nitrogen and oxygen atoms in total. The summed E-state index contributed by atoms with van der Waals surface area (Å²) in [5.74, 6) is 0.232. The number of carbonyl (C=O) groups is 1. The predicted molar refractivity (Wildman–Crippen MR) is 92.6 cm³/mol. The molecule has 118 valence electrons. The van der Waals surface area contributed by atoms with Crippen LogP contribution in [-0.4, -0.2) is 24.9 Å². The molecule has 0 aromatic heterocycles. The molecule has 0 saturated heterocycles. The quantitative estimate of drug-likeness (QED) is 0.786. The third-order valence-corrected chi connectivity index (χ3v) is 6.21. The highest BCUT2D eigenvalue weighted by atomic mass is 16.2. The second-order valence-corrected chi connectivity index (χ2v) is 7.61. The van der Waals surface area contributed by atoms with Crippen LogP contribution in [0.4, 0.5) is 0 Å². The Bertz CT molecular complexity index is 757. The topological polar surface area (TPSA) is 20.3 Å². The van der Waals surface area contributed by atoms with E-state index in [9.17, 15) is 4.79 Å². The second-order valence-electron chi connectivity index (χ2n) is 7.61. The van der Waals surface area contributed by atoms with Crippen LogP contribution in [0.5, 0.6) is 0 Å². The van der Waals surface area contributed by atoms with Gasteiger partial charge in [0.15, 0.2) is 0 Å². The van der Waals surface area contributed by atoms with Crippen LogP contribution in [0.3, 0.4) is 0 Å². The molecular weight excluding hydrogens is 282 g/mol. The third kappa shape index (κ3) is 1.61. The van der Waals surface area contributed by atoms with Crippen molar-refractivity contribution in [3.8, 4) is 0 Å². The molecule has 0 unspecified atom stereocenters. The summed E-state index contributed by atoms with van der Waals surface area (Å²) in [5.41, 5.74) is 5.11. The average Bonchev–Trinajstić information content (AvgIpc) is 2.57. The molecule has 0 N–H and O–H groups in total. The molecule has 0 saturated carbocycles. The molecule has 0 aliphatic heterocycles. The van der Waals surface area contributed by atoms with Crippen molar-refractivity contribution < 1.29 is 4.79 Å². The van der Waals surface area contributed by atoms with E-state index in [-0.39, 0.29) is 22.7 Å². The third-order valence-electron chi connectivity index (χ3n) is 6.21. The lowest BCUT2D eigenvalue weighted by molar-refractivity contribution is -0.136. The molecule has 2 heteroatoms. The highest BCUT2D eigenvalue weighted by Gasteiger charge is 2.58. The van der Waals surface area contributed by atoms with E-state index in [1.54, 1.807) is 4.90 Å². The Morgan fingerprint density at radius 3 is 1.78 bits per heavy atom. The van der Waals surface area contributed by atoms with E-state index in [0.29, 0.717) is 0 Å². The Hall–Kier alpha value is -2.09. The normalized spacial score (nSPS) is 30.5. The number of nitrogens with zero attached hydrogens (tertiary/aromatic N) is 1. The molecular formula is C21H23NO. The Morgan fingerprint density at radius 1 is 0.913 bits per heavy atom. The van der Waals surface area contributed by atoms with Crippen LogP contribution >= 0.6 is 0 Å². The van der Waals surface area contributed by atoms with Crippen molar-refractivity contribution in [3.63, 3.8) is 0 Å². The first-order valence-electron chi connectivity index (χ1n) is 8.32. The minimum Gasteiger partial charge on any atom is -0.349 e. The Morgan fingerprint density at radius 2 is 1.35 bits per heavy atom. The molecule has 23 heavy (non-hydrogen) atoms. The fraction of sp³-hybridized carbons (Fsp3) is 0.381. The molecule has 3 aliphatic carbocycles. The van der Waals surface area contributed by atoms with Gasteiger partial charge in [-0.15, -0.1) is 0 Å². The maximum absolute atomic E-state index is 13.0. The number of fused-ring (bicyclic) bond motifs is 1. The maximum atomic E-state index is 13.0. The number of hydrogen-bond acceptors (Lipinski definition) is 1. The molecule has 2 aromatic rings. The van der Waals surface area contributed by atoms with Gasteiger partial charge in [-0.1, -0.05) is 62.4 Å². The summed E-state index contributed by atoms with van der Waals surface area (Å²) in [6, 6.07) is 17.4. The second kappa shape index (κ2) is 4.47. The van der Waals surface area contributed by atoms with Gasteiger partial charge in [-0.05, 0) is 28.7 Å². The van der Waals surface area contributed by atoms with Gasteiger partial charge in [0.05, 0.1) is 5.92 Å². The highest BCUT2D eigenvalue weighted by Crippen LogP contribution is 2.61. The molecule has 5 rings (SSSR count). The van der Waals surface area contributed by atoms with Crippen LogP contribution in [0, 0.1) is 5.92 Å². The predicted octanol–water partition coefficient (Wildman–Crippen LogP) is 3.72. The summed E-state index contributed by atoms with van der Waals surface area (Å²) < 4.78 is 0. The molecule has 1 amide bonds. The van der Waals surface area contributed by atoms with Crippen molar-refractivity contribution in [1.82, 2.24) is 4.90 Å². The van der Waals surface area contributed by atoms with E-state index in [1.807, 2.05) is 14.1 Å². The van der Waals surface area contributed by atoms with Gasteiger partial charge in [0.2, 0.25) is 5.91 Å². The zero-order valence-corrected chi connectivity index (χ0v) is 14.3. The lowest BCUT2D eigenvalue weighted by Crippen LogP contribution is -2.56. The van der Waals surface area contributed by atoms with Crippen LogP contribution < -0.4 is 0 Å². The molecule has 0 fully saturated rings. The van der Waals surface area contributed by atoms with E-state index in [0.717, 1.165) is 6.42 Å². The molecule has 0 radical (unpaired) electrons. The lowest BCUT2D eigenvalue weighted by Gasteiger charge is -2.57. The maximum Gasteiger partial charge on any atom is 0.226 e. The van der Waals surface area contributed by atoms with Gasteiger partial charge >= 0.3 is 0 Å². The van der Waals surface area contributed by atoms with Crippen molar-refractivity contribution >= 4 is 5.91 Å². The molecule has 1 atom stereocenters. The highest BCUT2D eigenvalue weighted by molar-refractivity contribution is 5.84. The van der Waals surface area contributed by atoms with E-state index < -0.39 is 0 Å². The van der Waals surface area contributed by atoms with Gasteiger partial charge in [-0.3, -0.25) is 4.79 Å². The van der Waals surface area contributed by atoms with Gasteiger partial charge in [0.25, 0.3) is 0 Å². The first kappa shape index (κ1) is 14.5. The molecule has 0 spiro atoms. The van der Waals surface area contributed by atoms with E-state index in [4.69, 9.17) is 0 Å².